The van der Waals surface area contributed by atoms with Gasteiger partial charge in [0, 0.05) is 31.1 Å². The van der Waals surface area contributed by atoms with Crippen molar-refractivity contribution in [3.8, 4) is 11.1 Å². The number of ether oxygens (including phenoxy) is 1. The van der Waals surface area contributed by atoms with Gasteiger partial charge in [-0.25, -0.2) is 4.79 Å². The molecule has 1 N–H and O–H groups in total. The minimum atomic E-state index is -0.161. The van der Waals surface area contributed by atoms with Crippen molar-refractivity contribution in [3.05, 3.63) is 59.7 Å². The van der Waals surface area contributed by atoms with Crippen LogP contribution in [0.25, 0.3) is 11.1 Å². The van der Waals surface area contributed by atoms with E-state index in [0.29, 0.717) is 18.7 Å². The molecule has 3 aliphatic rings. The summed E-state index contributed by atoms with van der Waals surface area (Å²) in [6.07, 6.45) is 0.898. The maximum atomic E-state index is 12.5. The van der Waals surface area contributed by atoms with Crippen molar-refractivity contribution in [1.82, 2.24) is 10.2 Å². The van der Waals surface area contributed by atoms with Gasteiger partial charge in [-0.05, 0) is 28.7 Å². The van der Waals surface area contributed by atoms with Gasteiger partial charge in [-0.1, -0.05) is 48.5 Å². The highest BCUT2D eigenvalue weighted by Crippen LogP contribution is 2.44. The molecule has 4 heteroatoms. The van der Waals surface area contributed by atoms with Gasteiger partial charge < -0.3 is 15.0 Å². The Bertz CT molecular complexity index is 758. The fourth-order valence-corrected chi connectivity index (χ4v) is 4.46. The molecule has 1 aliphatic carbocycles. The summed E-state index contributed by atoms with van der Waals surface area (Å²) in [6, 6.07) is 17.6. The highest BCUT2D eigenvalue weighted by Gasteiger charge is 2.41. The maximum Gasteiger partial charge on any atom is 0.410 e. The van der Waals surface area contributed by atoms with Crippen LogP contribution >= 0.6 is 0 Å². The fraction of sp³-hybridized carbons (Fsp3) is 0.350. The first-order valence-electron chi connectivity index (χ1n) is 8.66. The monoisotopic (exact) mass is 320 g/mol. The Morgan fingerprint density at radius 2 is 1.75 bits per heavy atom. The zero-order valence-corrected chi connectivity index (χ0v) is 13.4. The molecule has 2 atom stereocenters. The fourth-order valence-electron chi connectivity index (χ4n) is 4.46. The van der Waals surface area contributed by atoms with Crippen LogP contribution in [0.5, 0.6) is 0 Å². The molecule has 0 aromatic heterocycles. The number of nitrogens with one attached hydrogen (secondary N) is 1. The summed E-state index contributed by atoms with van der Waals surface area (Å²) in [7, 11) is 0. The molecule has 2 aliphatic heterocycles. The number of benzene rings is 2. The van der Waals surface area contributed by atoms with Crippen molar-refractivity contribution in [2.75, 3.05) is 19.7 Å². The summed E-state index contributed by atoms with van der Waals surface area (Å²) in [6.45, 7) is 2.09. The second kappa shape index (κ2) is 5.35. The number of hydrogen-bond acceptors (Lipinski definition) is 3. The van der Waals surface area contributed by atoms with E-state index in [-0.39, 0.29) is 12.0 Å². The number of piperazine rings is 1. The third kappa shape index (κ3) is 2.06. The predicted octanol–water partition coefficient (Wildman–Crippen LogP) is 2.98. The lowest BCUT2D eigenvalue weighted by Gasteiger charge is -2.27. The van der Waals surface area contributed by atoms with E-state index in [2.05, 4.69) is 53.8 Å². The molecular formula is C20H20N2O2. The molecule has 122 valence electrons. The maximum absolute atomic E-state index is 12.5. The predicted molar refractivity (Wildman–Crippen MR) is 92.0 cm³/mol. The summed E-state index contributed by atoms with van der Waals surface area (Å²) in [4.78, 5) is 14.4. The van der Waals surface area contributed by atoms with Gasteiger partial charge in [-0.15, -0.1) is 0 Å². The van der Waals surface area contributed by atoms with Gasteiger partial charge in [-0.2, -0.15) is 0 Å². The first-order valence-corrected chi connectivity index (χ1v) is 8.66. The van der Waals surface area contributed by atoms with Crippen molar-refractivity contribution in [3.63, 3.8) is 0 Å². The summed E-state index contributed by atoms with van der Waals surface area (Å²) in [5.41, 5.74) is 5.05. The van der Waals surface area contributed by atoms with Gasteiger partial charge in [0.1, 0.15) is 6.61 Å². The third-order valence-electron chi connectivity index (χ3n) is 5.63. The minimum Gasteiger partial charge on any atom is -0.448 e. The van der Waals surface area contributed by atoms with E-state index in [4.69, 9.17) is 4.74 Å². The van der Waals surface area contributed by atoms with Crippen molar-refractivity contribution < 1.29 is 9.53 Å². The molecule has 2 bridgehead atoms. The van der Waals surface area contributed by atoms with E-state index in [1.54, 1.807) is 0 Å². The first kappa shape index (κ1) is 14.1. The van der Waals surface area contributed by atoms with Crippen molar-refractivity contribution in [2.24, 2.45) is 0 Å². The second-order valence-corrected chi connectivity index (χ2v) is 6.95. The van der Waals surface area contributed by atoms with Crippen LogP contribution in [0, 0.1) is 0 Å². The Balaban J connectivity index is 1.37. The van der Waals surface area contributed by atoms with E-state index in [0.717, 1.165) is 19.5 Å². The van der Waals surface area contributed by atoms with Gasteiger partial charge in [0.2, 0.25) is 0 Å². The van der Waals surface area contributed by atoms with E-state index < -0.39 is 0 Å². The Morgan fingerprint density at radius 1 is 1.08 bits per heavy atom. The molecule has 0 saturated carbocycles. The van der Waals surface area contributed by atoms with Crippen molar-refractivity contribution in [2.45, 2.75) is 24.4 Å². The summed E-state index contributed by atoms with van der Waals surface area (Å²) >= 11 is 0. The molecule has 24 heavy (non-hydrogen) atoms. The van der Waals surface area contributed by atoms with E-state index in [9.17, 15) is 4.79 Å². The molecule has 2 fully saturated rings. The summed E-state index contributed by atoms with van der Waals surface area (Å²) in [5.74, 6) is 0.138. The Labute approximate surface area is 141 Å². The average Bonchev–Trinajstić information content (AvgIpc) is 3.33. The number of carbonyl (C=O) groups excluding carboxylic acids is 1. The minimum absolute atomic E-state index is 0.138. The number of likely N-dealkylation sites (tertiary alicyclic amines) is 1. The Morgan fingerprint density at radius 3 is 2.33 bits per heavy atom. The molecule has 0 unspecified atom stereocenters. The number of nitrogens with zero attached hydrogens (tertiary/aromatic N) is 1. The van der Waals surface area contributed by atoms with Crippen LogP contribution in [0.15, 0.2) is 48.5 Å². The Kier molecular flexibility index (Phi) is 3.13. The van der Waals surface area contributed by atoms with E-state index in [1.807, 2.05) is 4.90 Å². The topological polar surface area (TPSA) is 41.6 Å². The van der Waals surface area contributed by atoms with Gasteiger partial charge >= 0.3 is 6.09 Å². The van der Waals surface area contributed by atoms with E-state index in [1.165, 1.54) is 22.3 Å². The van der Waals surface area contributed by atoms with Crippen LogP contribution in [0.4, 0.5) is 4.79 Å². The normalized spacial score (nSPS) is 24.1. The van der Waals surface area contributed by atoms with Crippen LogP contribution in [-0.4, -0.2) is 42.8 Å². The number of amides is 1. The van der Waals surface area contributed by atoms with Crippen molar-refractivity contribution >= 4 is 6.09 Å². The first-order chi connectivity index (χ1) is 11.8. The molecule has 2 saturated heterocycles. The van der Waals surface area contributed by atoms with E-state index >= 15 is 0 Å². The second-order valence-electron chi connectivity index (χ2n) is 6.95. The molecule has 1 amide bonds. The van der Waals surface area contributed by atoms with Gasteiger partial charge in [0.25, 0.3) is 0 Å². The number of fused-ring (bicyclic) bond motifs is 5. The van der Waals surface area contributed by atoms with Gasteiger partial charge in [-0.3, -0.25) is 0 Å². The summed E-state index contributed by atoms with van der Waals surface area (Å²) in [5, 5.41) is 3.41. The zero-order chi connectivity index (χ0) is 16.1. The van der Waals surface area contributed by atoms with Crippen LogP contribution in [-0.2, 0) is 4.74 Å². The number of hydrogen-bond donors (Lipinski definition) is 1. The van der Waals surface area contributed by atoms with Crippen LogP contribution in [0.1, 0.15) is 23.5 Å². The number of carbonyl (C=O) groups is 1. The highest BCUT2D eigenvalue weighted by atomic mass is 16.6. The zero-order valence-electron chi connectivity index (χ0n) is 13.4. The van der Waals surface area contributed by atoms with Gasteiger partial charge in [0.15, 0.2) is 0 Å². The molecule has 0 spiro atoms. The molecule has 2 heterocycles. The smallest absolute Gasteiger partial charge is 0.410 e. The lowest BCUT2D eigenvalue weighted by molar-refractivity contribution is 0.0913. The average molecular weight is 320 g/mol. The molecule has 2 aromatic carbocycles. The standard InChI is InChI=1S/C20H20N2O2/c23-20(22-11-13-9-14(22)10-21-13)24-12-19-17-7-3-1-5-15(17)16-6-2-4-8-18(16)19/h1-8,13-14,19,21H,9-12H2/t13-,14-/m1/s1. The SMILES string of the molecule is O=C(OCC1c2ccccc2-c2ccccc21)N1C[C@H]2C[C@@H]1CN2. The van der Waals surface area contributed by atoms with Crippen molar-refractivity contribution in [1.29, 1.82) is 0 Å². The third-order valence-corrected chi connectivity index (χ3v) is 5.63. The largest absolute Gasteiger partial charge is 0.448 e. The van der Waals surface area contributed by atoms with Crippen LogP contribution in [0.2, 0.25) is 0 Å². The Hall–Kier alpha value is -2.33. The summed E-state index contributed by atoms with van der Waals surface area (Å²) < 4.78 is 5.74. The molecule has 0 radical (unpaired) electrons. The van der Waals surface area contributed by atoms with Crippen LogP contribution in [0.3, 0.4) is 0 Å². The molecule has 5 rings (SSSR count). The highest BCUT2D eigenvalue weighted by molar-refractivity contribution is 5.79. The van der Waals surface area contributed by atoms with Gasteiger partial charge in [0.05, 0.1) is 0 Å². The number of rotatable bonds is 2. The lowest BCUT2D eigenvalue weighted by atomic mass is 9.98. The molecule has 2 aromatic rings. The molecule has 4 nitrogen and oxygen atoms in total. The van der Waals surface area contributed by atoms with Crippen LogP contribution < -0.4 is 5.32 Å². The quantitative estimate of drug-likeness (QED) is 0.925. The lowest BCUT2D eigenvalue weighted by Crippen LogP contribution is -2.46. The molecular weight excluding hydrogens is 300 g/mol.